The molecule has 0 spiro atoms. The normalized spacial score (nSPS) is 12.2. The molecule has 4 nitrogen and oxygen atoms in total. The van der Waals surface area contributed by atoms with Gasteiger partial charge in [-0.05, 0) is 48.6 Å². The van der Waals surface area contributed by atoms with Gasteiger partial charge in [-0.1, -0.05) is 155 Å². The predicted octanol–water partition coefficient (Wildman–Crippen LogP) is 14.4. The summed E-state index contributed by atoms with van der Waals surface area (Å²) in [5.74, 6) is 2.10. The van der Waals surface area contributed by atoms with Crippen LogP contribution in [-0.4, -0.2) is 11.5 Å². The van der Waals surface area contributed by atoms with Crippen LogP contribution in [0.25, 0.3) is 11.1 Å². The first kappa shape index (κ1) is 46.9. The quantitative estimate of drug-likeness (QED) is 0.0534. The molecule has 0 aliphatic carbocycles. The molecule has 0 aromatic carbocycles. The van der Waals surface area contributed by atoms with Gasteiger partial charge in [-0.2, -0.15) is 21.0 Å². The molecule has 0 radical (unpaired) electrons. The first-order chi connectivity index (χ1) is 27.1. The topological polar surface area (TPSA) is 95.2 Å². The highest BCUT2D eigenvalue weighted by molar-refractivity contribution is 8.02. The Hall–Kier alpha value is -2.50. The summed E-state index contributed by atoms with van der Waals surface area (Å²) in [6.45, 7) is 4.56. The van der Waals surface area contributed by atoms with Crippen LogP contribution in [0, 0.1) is 63.5 Å². The molecule has 3 rings (SSSR count). The van der Waals surface area contributed by atoms with E-state index in [1.165, 1.54) is 196 Å². The Labute approximate surface area is 352 Å². The molecule has 0 amide bonds. The van der Waals surface area contributed by atoms with Crippen molar-refractivity contribution in [1.82, 2.24) is 0 Å². The maximum Gasteiger partial charge on any atom is 0.146 e. The Morgan fingerprint density at radius 3 is 1.00 bits per heavy atom. The fraction of sp³-hybridized carbons (Fsp3) is 0.609. The molecule has 0 aliphatic rings. The van der Waals surface area contributed by atoms with Crippen molar-refractivity contribution in [3.63, 3.8) is 0 Å². The van der Waals surface area contributed by atoms with Gasteiger partial charge in [0.05, 0.1) is 18.1 Å². The number of thioether (sulfide) groups is 2. The summed E-state index contributed by atoms with van der Waals surface area (Å²) in [6.07, 6.45) is 32.0. The van der Waals surface area contributed by atoms with Crippen LogP contribution >= 0.6 is 57.5 Å². The summed E-state index contributed by atoms with van der Waals surface area (Å²) in [5, 5.41) is 38.3. The third kappa shape index (κ3) is 17.3. The lowest BCUT2D eigenvalue weighted by molar-refractivity contribution is 0.548. The molecule has 0 atom stereocenters. The van der Waals surface area contributed by atoms with E-state index in [9.17, 15) is 21.0 Å². The second-order valence-electron chi connectivity index (χ2n) is 14.4. The fourth-order valence-electron chi connectivity index (χ4n) is 6.68. The first-order valence-electron chi connectivity index (χ1n) is 21.1. The summed E-state index contributed by atoms with van der Waals surface area (Å²) < 4.78 is 5.97. The highest BCUT2D eigenvalue weighted by atomic mass is 32.2. The molecule has 296 valence electrons. The molecule has 0 N–H and O–H groups in total. The summed E-state index contributed by atoms with van der Waals surface area (Å²) in [6, 6.07) is 16.2. The van der Waals surface area contributed by atoms with Crippen LogP contribution in [0.5, 0.6) is 0 Å². The van der Waals surface area contributed by atoms with Crippen molar-refractivity contribution in [3.05, 3.63) is 51.5 Å². The number of hydrogen-bond donors (Lipinski definition) is 0. The van der Waals surface area contributed by atoms with Gasteiger partial charge in [0.1, 0.15) is 35.4 Å². The zero-order chi connectivity index (χ0) is 39.4. The van der Waals surface area contributed by atoms with Gasteiger partial charge in [-0.25, -0.2) is 0 Å². The number of rotatable bonds is 28. The largest absolute Gasteiger partial charge is 0.192 e. The fourth-order valence-corrected chi connectivity index (χ4v) is 13.2. The molecule has 55 heavy (non-hydrogen) atoms. The molecule has 9 heteroatoms. The third-order valence-electron chi connectivity index (χ3n) is 9.91. The predicted molar refractivity (Wildman–Crippen MR) is 240 cm³/mol. The zero-order valence-corrected chi connectivity index (χ0v) is 37.6. The SMILES string of the molecule is CCCCCCCCCCCCCCSc1c(SCCCCCCCCCCCCCC)/c(=c2/ccc(=C(C#N)C#N)s2)s/c1=c1/ccc(=C(C#N)C#N)s1. The molecule has 3 aromatic heterocycles. The number of thiophene rings is 3. The van der Waals surface area contributed by atoms with Crippen molar-refractivity contribution in [2.24, 2.45) is 0 Å². The van der Waals surface area contributed by atoms with Gasteiger partial charge >= 0.3 is 0 Å². The van der Waals surface area contributed by atoms with Crippen LogP contribution in [0.2, 0.25) is 0 Å². The van der Waals surface area contributed by atoms with Crippen molar-refractivity contribution in [2.45, 2.75) is 178 Å². The number of nitriles is 4. The standard InChI is InChI=1S/C46H62N4S5/c1-3-5-7-9-11-13-15-17-19-21-23-25-31-51-45-43(41-29-27-39(53-41)37(33-47)34-48)55-44(42-30-28-40(54-42)38(35-49)36-50)46(45)52-32-26-24-22-20-18-16-14-12-10-8-6-4-2/h27-30H,3-26,31-32H2,1-2H3/b43-41-,44-42+. The Balaban J connectivity index is 1.80. The van der Waals surface area contributed by atoms with Crippen LogP contribution in [0.1, 0.15) is 168 Å². The lowest BCUT2D eigenvalue weighted by Crippen LogP contribution is -1.94. The molecule has 0 bridgehead atoms. The summed E-state index contributed by atoms with van der Waals surface area (Å²) in [4.78, 5) is 2.60. The minimum absolute atomic E-state index is 0.152. The van der Waals surface area contributed by atoms with Gasteiger partial charge in [0.15, 0.2) is 0 Å². The molecule has 0 aliphatic heterocycles. The van der Waals surface area contributed by atoms with Gasteiger partial charge < -0.3 is 0 Å². The molecule has 0 saturated heterocycles. The van der Waals surface area contributed by atoms with E-state index in [1.807, 2.05) is 35.7 Å². The van der Waals surface area contributed by atoms with E-state index in [-0.39, 0.29) is 11.1 Å². The van der Waals surface area contributed by atoms with E-state index in [0.29, 0.717) is 9.06 Å². The van der Waals surface area contributed by atoms with Crippen LogP contribution < -0.4 is 9.06 Å². The van der Waals surface area contributed by atoms with E-state index in [4.69, 9.17) is 0 Å². The lowest BCUT2D eigenvalue weighted by atomic mass is 10.1. The van der Waals surface area contributed by atoms with Gasteiger partial charge in [-0.15, -0.1) is 57.5 Å². The number of unbranched alkanes of at least 4 members (excludes halogenated alkanes) is 22. The van der Waals surface area contributed by atoms with Gasteiger partial charge in [0.25, 0.3) is 0 Å². The van der Waals surface area contributed by atoms with Crippen molar-refractivity contribution >= 4 is 68.7 Å². The first-order valence-corrected chi connectivity index (χ1v) is 25.5. The average molecular weight is 831 g/mol. The van der Waals surface area contributed by atoms with Crippen LogP contribution in [0.3, 0.4) is 0 Å². The minimum atomic E-state index is 0.152. The smallest absolute Gasteiger partial charge is 0.146 e. The van der Waals surface area contributed by atoms with Gasteiger partial charge in [0.2, 0.25) is 0 Å². The van der Waals surface area contributed by atoms with Crippen molar-refractivity contribution in [1.29, 1.82) is 21.0 Å². The lowest BCUT2D eigenvalue weighted by Gasteiger charge is -2.06. The van der Waals surface area contributed by atoms with Crippen molar-refractivity contribution in [3.8, 4) is 24.3 Å². The number of hydrogen-bond acceptors (Lipinski definition) is 9. The second kappa shape index (κ2) is 29.7. The highest BCUT2D eigenvalue weighted by Crippen LogP contribution is 2.40. The molecule has 0 unspecified atom stereocenters. The van der Waals surface area contributed by atoms with E-state index in [0.717, 1.165) is 20.6 Å². The van der Waals surface area contributed by atoms with E-state index in [2.05, 4.69) is 50.3 Å². The minimum Gasteiger partial charge on any atom is -0.192 e. The van der Waals surface area contributed by atoms with Gasteiger partial charge in [0, 0.05) is 18.9 Å². The maximum atomic E-state index is 9.58. The summed E-state index contributed by atoms with van der Waals surface area (Å²) >= 11 is 8.73. The monoisotopic (exact) mass is 830 g/mol. The molecule has 3 heterocycles. The van der Waals surface area contributed by atoms with Crippen molar-refractivity contribution < 1.29 is 0 Å². The van der Waals surface area contributed by atoms with Gasteiger partial charge in [-0.3, -0.25) is 0 Å². The molecule has 0 fully saturated rings. The summed E-state index contributed by atoms with van der Waals surface area (Å²) in [7, 11) is 0. The summed E-state index contributed by atoms with van der Waals surface area (Å²) in [5.41, 5.74) is 0.304. The van der Waals surface area contributed by atoms with Crippen molar-refractivity contribution in [2.75, 3.05) is 11.5 Å². The molecule has 3 aromatic rings. The molecular formula is C46H62N4S5. The Bertz CT molecular complexity index is 1850. The Morgan fingerprint density at radius 2 is 0.709 bits per heavy atom. The second-order valence-corrected chi connectivity index (χ2v) is 19.8. The third-order valence-corrected chi connectivity index (χ3v) is 16.4. The van der Waals surface area contributed by atoms with Crippen LogP contribution in [-0.2, 0) is 0 Å². The maximum absolute atomic E-state index is 9.58. The van der Waals surface area contributed by atoms with Crippen LogP contribution in [0.4, 0.5) is 0 Å². The van der Waals surface area contributed by atoms with E-state index >= 15 is 0 Å². The molecular weight excluding hydrogens is 769 g/mol. The van der Waals surface area contributed by atoms with E-state index < -0.39 is 0 Å². The van der Waals surface area contributed by atoms with Crippen LogP contribution in [0.15, 0.2) is 34.1 Å². The average Bonchev–Trinajstić information content (AvgIpc) is 3.96. The Kier molecular flexibility index (Phi) is 25.3. The number of nitrogens with zero attached hydrogens (tertiary/aromatic N) is 4. The van der Waals surface area contributed by atoms with E-state index in [1.54, 1.807) is 11.3 Å². The highest BCUT2D eigenvalue weighted by Gasteiger charge is 2.15. The zero-order valence-electron chi connectivity index (χ0n) is 33.5. The molecule has 0 saturated carbocycles. The Morgan fingerprint density at radius 1 is 0.418 bits per heavy atom.